The number of epoxide rings is 1. The Labute approximate surface area is 78.5 Å². The third kappa shape index (κ3) is 2.22. The predicted octanol–water partition coefficient (Wildman–Crippen LogP) is 2.08. The van der Waals surface area contributed by atoms with Crippen LogP contribution in [0, 0.1) is 13.8 Å². The Morgan fingerprint density at radius 2 is 2.23 bits per heavy atom. The van der Waals surface area contributed by atoms with Gasteiger partial charge < -0.3 is 9.47 Å². The van der Waals surface area contributed by atoms with Gasteiger partial charge in [-0.1, -0.05) is 12.1 Å². The van der Waals surface area contributed by atoms with Crippen LogP contribution in [0.1, 0.15) is 11.1 Å². The maximum absolute atomic E-state index is 5.62. The van der Waals surface area contributed by atoms with Crippen molar-refractivity contribution in [1.29, 1.82) is 0 Å². The van der Waals surface area contributed by atoms with Gasteiger partial charge in [-0.05, 0) is 31.0 Å². The van der Waals surface area contributed by atoms with Crippen LogP contribution in [0.5, 0.6) is 5.75 Å². The zero-order valence-electron chi connectivity index (χ0n) is 8.04. The van der Waals surface area contributed by atoms with Crippen molar-refractivity contribution in [3.05, 3.63) is 29.3 Å². The van der Waals surface area contributed by atoms with E-state index in [4.69, 9.17) is 9.47 Å². The summed E-state index contributed by atoms with van der Waals surface area (Å²) in [6.07, 6.45) is 0.333. The molecule has 0 unspecified atom stereocenters. The summed E-state index contributed by atoms with van der Waals surface area (Å²) in [5, 5.41) is 0. The third-order valence-corrected chi connectivity index (χ3v) is 2.17. The molecule has 0 spiro atoms. The lowest BCUT2D eigenvalue weighted by Crippen LogP contribution is -2.05. The molecule has 0 radical (unpaired) electrons. The van der Waals surface area contributed by atoms with E-state index in [9.17, 15) is 0 Å². The summed E-state index contributed by atoms with van der Waals surface area (Å²) in [6, 6.07) is 6.24. The Morgan fingerprint density at radius 1 is 1.46 bits per heavy atom. The first-order valence-corrected chi connectivity index (χ1v) is 4.57. The van der Waals surface area contributed by atoms with Crippen molar-refractivity contribution in [2.45, 2.75) is 20.0 Å². The molecule has 1 atom stereocenters. The molecule has 2 rings (SSSR count). The fourth-order valence-corrected chi connectivity index (χ4v) is 1.21. The average Bonchev–Trinajstić information content (AvgIpc) is 2.90. The summed E-state index contributed by atoms with van der Waals surface area (Å²) in [5.41, 5.74) is 2.42. The van der Waals surface area contributed by atoms with Crippen molar-refractivity contribution in [1.82, 2.24) is 0 Å². The van der Waals surface area contributed by atoms with Crippen molar-refractivity contribution >= 4 is 0 Å². The van der Waals surface area contributed by atoms with Crippen LogP contribution >= 0.6 is 0 Å². The van der Waals surface area contributed by atoms with E-state index in [2.05, 4.69) is 32.0 Å². The molecule has 0 aliphatic carbocycles. The second kappa shape index (κ2) is 3.38. The van der Waals surface area contributed by atoms with Gasteiger partial charge >= 0.3 is 0 Å². The van der Waals surface area contributed by atoms with Crippen LogP contribution in [0.25, 0.3) is 0 Å². The highest BCUT2D eigenvalue weighted by Gasteiger charge is 2.23. The SMILES string of the molecule is Cc1ccc(C)c(OC[C@H]2CO2)c1. The number of rotatable bonds is 3. The Bertz CT molecular complexity index is 303. The van der Waals surface area contributed by atoms with Gasteiger partial charge in [-0.25, -0.2) is 0 Å². The van der Waals surface area contributed by atoms with Crippen LogP contribution in [0.3, 0.4) is 0 Å². The summed E-state index contributed by atoms with van der Waals surface area (Å²) < 4.78 is 10.7. The third-order valence-electron chi connectivity index (χ3n) is 2.17. The van der Waals surface area contributed by atoms with Crippen molar-refractivity contribution in [2.24, 2.45) is 0 Å². The highest BCUT2D eigenvalue weighted by atomic mass is 16.6. The van der Waals surface area contributed by atoms with Crippen LogP contribution < -0.4 is 4.74 Å². The molecule has 2 nitrogen and oxygen atoms in total. The lowest BCUT2D eigenvalue weighted by molar-refractivity contribution is 0.261. The molecular weight excluding hydrogens is 164 g/mol. The topological polar surface area (TPSA) is 21.8 Å². The molecule has 0 N–H and O–H groups in total. The van der Waals surface area contributed by atoms with Crippen LogP contribution in [-0.4, -0.2) is 19.3 Å². The van der Waals surface area contributed by atoms with Crippen LogP contribution in [-0.2, 0) is 4.74 Å². The van der Waals surface area contributed by atoms with E-state index in [1.54, 1.807) is 0 Å². The van der Waals surface area contributed by atoms with E-state index in [1.165, 1.54) is 11.1 Å². The molecule has 0 aromatic heterocycles. The molecular formula is C11H14O2. The number of hydrogen-bond donors (Lipinski definition) is 0. The summed E-state index contributed by atoms with van der Waals surface area (Å²) in [6.45, 7) is 5.66. The van der Waals surface area contributed by atoms with Gasteiger partial charge in [0.15, 0.2) is 0 Å². The Balaban J connectivity index is 2.03. The summed E-state index contributed by atoms with van der Waals surface area (Å²) in [7, 11) is 0. The number of benzene rings is 1. The summed E-state index contributed by atoms with van der Waals surface area (Å²) in [5.74, 6) is 0.982. The maximum Gasteiger partial charge on any atom is 0.122 e. The van der Waals surface area contributed by atoms with Gasteiger partial charge in [0.25, 0.3) is 0 Å². The fraction of sp³-hybridized carbons (Fsp3) is 0.455. The minimum absolute atomic E-state index is 0.333. The van der Waals surface area contributed by atoms with E-state index < -0.39 is 0 Å². The predicted molar refractivity (Wildman–Crippen MR) is 51.2 cm³/mol. The first-order valence-electron chi connectivity index (χ1n) is 4.57. The maximum atomic E-state index is 5.62. The first-order chi connectivity index (χ1) is 6.25. The van der Waals surface area contributed by atoms with Gasteiger partial charge in [-0.2, -0.15) is 0 Å². The molecule has 70 valence electrons. The zero-order valence-corrected chi connectivity index (χ0v) is 8.04. The molecule has 0 amide bonds. The van der Waals surface area contributed by atoms with Gasteiger partial charge in [0.1, 0.15) is 18.5 Å². The molecule has 1 aromatic rings. The highest BCUT2D eigenvalue weighted by molar-refractivity contribution is 5.35. The summed E-state index contributed by atoms with van der Waals surface area (Å²) in [4.78, 5) is 0. The Kier molecular flexibility index (Phi) is 2.23. The highest BCUT2D eigenvalue weighted by Crippen LogP contribution is 2.20. The molecule has 1 saturated heterocycles. The van der Waals surface area contributed by atoms with E-state index in [0.717, 1.165) is 12.4 Å². The molecule has 1 aromatic carbocycles. The van der Waals surface area contributed by atoms with Crippen LogP contribution in [0.4, 0.5) is 0 Å². The minimum Gasteiger partial charge on any atom is -0.491 e. The van der Waals surface area contributed by atoms with Gasteiger partial charge in [-0.3, -0.25) is 0 Å². The molecule has 1 aliphatic heterocycles. The normalized spacial score (nSPS) is 20.0. The fourth-order valence-electron chi connectivity index (χ4n) is 1.21. The van der Waals surface area contributed by atoms with E-state index in [1.807, 2.05) is 0 Å². The lowest BCUT2D eigenvalue weighted by Gasteiger charge is -2.08. The van der Waals surface area contributed by atoms with E-state index in [0.29, 0.717) is 12.7 Å². The second-order valence-electron chi connectivity index (χ2n) is 3.54. The lowest BCUT2D eigenvalue weighted by atomic mass is 10.1. The quantitative estimate of drug-likeness (QED) is 0.661. The van der Waals surface area contributed by atoms with E-state index >= 15 is 0 Å². The van der Waals surface area contributed by atoms with Gasteiger partial charge in [0, 0.05) is 0 Å². The van der Waals surface area contributed by atoms with Crippen molar-refractivity contribution in [3.8, 4) is 5.75 Å². The van der Waals surface area contributed by atoms with Crippen LogP contribution in [0.2, 0.25) is 0 Å². The molecule has 1 heterocycles. The Morgan fingerprint density at radius 3 is 2.92 bits per heavy atom. The van der Waals surface area contributed by atoms with Gasteiger partial charge in [0.05, 0.1) is 6.61 Å². The largest absolute Gasteiger partial charge is 0.491 e. The van der Waals surface area contributed by atoms with E-state index in [-0.39, 0.29) is 0 Å². The Hall–Kier alpha value is -1.02. The van der Waals surface area contributed by atoms with Crippen molar-refractivity contribution < 1.29 is 9.47 Å². The van der Waals surface area contributed by atoms with Crippen molar-refractivity contribution in [2.75, 3.05) is 13.2 Å². The molecule has 13 heavy (non-hydrogen) atoms. The average molecular weight is 178 g/mol. The minimum atomic E-state index is 0.333. The van der Waals surface area contributed by atoms with Gasteiger partial charge in [-0.15, -0.1) is 0 Å². The standard InChI is InChI=1S/C11H14O2/c1-8-3-4-9(2)11(5-8)13-7-10-6-12-10/h3-5,10H,6-7H2,1-2H3/t10-/m1/s1. The van der Waals surface area contributed by atoms with Crippen molar-refractivity contribution in [3.63, 3.8) is 0 Å². The monoisotopic (exact) mass is 178 g/mol. The molecule has 1 aliphatic rings. The summed E-state index contributed by atoms with van der Waals surface area (Å²) >= 11 is 0. The molecule has 0 saturated carbocycles. The molecule has 0 bridgehead atoms. The number of ether oxygens (including phenoxy) is 2. The zero-order chi connectivity index (χ0) is 9.26. The second-order valence-corrected chi connectivity index (χ2v) is 3.54. The van der Waals surface area contributed by atoms with Crippen LogP contribution in [0.15, 0.2) is 18.2 Å². The molecule has 2 heteroatoms. The number of hydrogen-bond acceptors (Lipinski definition) is 2. The van der Waals surface area contributed by atoms with Gasteiger partial charge in [0.2, 0.25) is 0 Å². The molecule has 1 fully saturated rings. The number of aryl methyl sites for hydroxylation is 2. The first kappa shape index (κ1) is 8.57. The smallest absolute Gasteiger partial charge is 0.122 e.